The number of fused-ring (bicyclic) bond motifs is 1. The summed E-state index contributed by atoms with van der Waals surface area (Å²) in [5.74, 6) is 1.36. The highest BCUT2D eigenvalue weighted by Gasteiger charge is 2.34. The summed E-state index contributed by atoms with van der Waals surface area (Å²) in [6.07, 6.45) is 0.613. The molecule has 1 aromatic heterocycles. The van der Waals surface area contributed by atoms with Gasteiger partial charge in [0.15, 0.2) is 11.6 Å². The number of para-hydroxylation sites is 1. The van der Waals surface area contributed by atoms with Gasteiger partial charge in [-0.25, -0.2) is 14.4 Å². The Morgan fingerprint density at radius 1 is 1.27 bits per heavy atom. The van der Waals surface area contributed by atoms with Crippen molar-refractivity contribution in [2.75, 3.05) is 24.5 Å². The average molecular weight is 356 g/mol. The molecule has 0 saturated carbocycles. The molecule has 0 bridgehead atoms. The number of benzene rings is 1. The van der Waals surface area contributed by atoms with Gasteiger partial charge in [0.1, 0.15) is 23.4 Å². The zero-order valence-corrected chi connectivity index (χ0v) is 14.8. The first-order valence-electron chi connectivity index (χ1n) is 8.88. The number of nitrogens with one attached hydrogen (secondary N) is 1. The first-order chi connectivity index (χ1) is 12.5. The maximum atomic E-state index is 13.7. The second kappa shape index (κ2) is 6.55. The molecule has 1 saturated heterocycles. The summed E-state index contributed by atoms with van der Waals surface area (Å²) < 4.78 is 19.5. The molecule has 1 amide bonds. The van der Waals surface area contributed by atoms with Crippen LogP contribution >= 0.6 is 0 Å². The first kappa shape index (κ1) is 16.8. The van der Waals surface area contributed by atoms with Gasteiger partial charge >= 0.3 is 0 Å². The topological polar surface area (TPSA) is 67.3 Å². The van der Waals surface area contributed by atoms with Crippen molar-refractivity contribution in [1.82, 2.24) is 15.3 Å². The molecule has 0 atom stereocenters. The predicted octanol–water partition coefficient (Wildman–Crippen LogP) is 2.29. The molecule has 26 heavy (non-hydrogen) atoms. The van der Waals surface area contributed by atoms with E-state index < -0.39 is 0 Å². The number of carbonyl (C=O) groups excluding carboxylic acids is 1. The minimum absolute atomic E-state index is 0.0996. The van der Waals surface area contributed by atoms with Gasteiger partial charge in [-0.2, -0.15) is 0 Å². The molecule has 2 aromatic rings. The minimum atomic E-state index is -0.357. The van der Waals surface area contributed by atoms with Crippen LogP contribution in [0.4, 0.5) is 10.2 Å². The molecule has 0 spiro atoms. The highest BCUT2D eigenvalue weighted by molar-refractivity contribution is 5.96. The second-order valence-electron chi connectivity index (χ2n) is 6.97. The minimum Gasteiger partial charge on any atom is -0.484 e. The average Bonchev–Trinajstić information content (AvgIpc) is 2.59. The van der Waals surface area contributed by atoms with E-state index in [2.05, 4.69) is 15.2 Å². The summed E-state index contributed by atoms with van der Waals surface area (Å²) in [5, 5.41) is 2.84. The standard InChI is InChI=1S/C19H21FN4O2/c1-11(2)17-22-16-13(7-8-21-19(16)25)18(23-17)24-9-12(10-24)26-15-6-4-3-5-14(15)20/h3-6,11-12H,7-10H2,1-2H3,(H,21,25). The third kappa shape index (κ3) is 2.98. The Morgan fingerprint density at radius 3 is 2.77 bits per heavy atom. The van der Waals surface area contributed by atoms with Crippen LogP contribution in [0.3, 0.4) is 0 Å². The number of carbonyl (C=O) groups is 1. The molecule has 1 N–H and O–H groups in total. The van der Waals surface area contributed by atoms with E-state index in [1.807, 2.05) is 13.8 Å². The number of nitrogens with zero attached hydrogens (tertiary/aromatic N) is 3. The number of rotatable bonds is 4. The molecule has 1 fully saturated rings. The zero-order chi connectivity index (χ0) is 18.3. The number of anilines is 1. The van der Waals surface area contributed by atoms with E-state index in [0.29, 0.717) is 37.6 Å². The molecule has 136 valence electrons. The number of hydrogen-bond donors (Lipinski definition) is 1. The van der Waals surface area contributed by atoms with Crippen molar-refractivity contribution in [3.63, 3.8) is 0 Å². The molecule has 1 aromatic carbocycles. The Bertz CT molecular complexity index is 849. The lowest BCUT2D eigenvalue weighted by Gasteiger charge is -2.41. The lowest BCUT2D eigenvalue weighted by molar-refractivity contribution is 0.0939. The number of amides is 1. The number of ether oxygens (including phenoxy) is 1. The molecule has 0 radical (unpaired) electrons. The van der Waals surface area contributed by atoms with Gasteiger partial charge in [-0.3, -0.25) is 4.79 Å². The third-order valence-electron chi connectivity index (χ3n) is 4.67. The molecule has 3 heterocycles. The van der Waals surface area contributed by atoms with Gasteiger partial charge in [0.05, 0.1) is 13.1 Å². The quantitative estimate of drug-likeness (QED) is 0.910. The number of aromatic nitrogens is 2. The van der Waals surface area contributed by atoms with Crippen LogP contribution < -0.4 is 15.0 Å². The fourth-order valence-corrected chi connectivity index (χ4v) is 3.22. The summed E-state index contributed by atoms with van der Waals surface area (Å²) in [6, 6.07) is 6.41. The van der Waals surface area contributed by atoms with Crippen molar-refractivity contribution in [2.45, 2.75) is 32.3 Å². The van der Waals surface area contributed by atoms with Gasteiger partial charge in [-0.15, -0.1) is 0 Å². The van der Waals surface area contributed by atoms with Crippen molar-refractivity contribution in [3.8, 4) is 5.75 Å². The monoisotopic (exact) mass is 356 g/mol. The Hall–Kier alpha value is -2.70. The van der Waals surface area contributed by atoms with Crippen LogP contribution in [0.25, 0.3) is 0 Å². The zero-order valence-electron chi connectivity index (χ0n) is 14.8. The van der Waals surface area contributed by atoms with E-state index in [1.54, 1.807) is 18.2 Å². The molecule has 0 unspecified atom stereocenters. The van der Waals surface area contributed by atoms with Crippen LogP contribution in [0.1, 0.15) is 41.6 Å². The Morgan fingerprint density at radius 2 is 2.04 bits per heavy atom. The van der Waals surface area contributed by atoms with E-state index in [9.17, 15) is 9.18 Å². The van der Waals surface area contributed by atoms with Crippen molar-refractivity contribution in [1.29, 1.82) is 0 Å². The highest BCUT2D eigenvalue weighted by Crippen LogP contribution is 2.30. The van der Waals surface area contributed by atoms with Gasteiger partial charge in [0, 0.05) is 18.0 Å². The van der Waals surface area contributed by atoms with Crippen LogP contribution in [0.5, 0.6) is 5.75 Å². The van der Waals surface area contributed by atoms with E-state index in [4.69, 9.17) is 9.72 Å². The van der Waals surface area contributed by atoms with Gasteiger partial charge in [-0.05, 0) is 18.6 Å². The summed E-state index contributed by atoms with van der Waals surface area (Å²) >= 11 is 0. The molecule has 2 aliphatic heterocycles. The largest absolute Gasteiger partial charge is 0.484 e. The third-order valence-corrected chi connectivity index (χ3v) is 4.67. The van der Waals surface area contributed by atoms with E-state index in [1.165, 1.54) is 6.07 Å². The van der Waals surface area contributed by atoms with Crippen LogP contribution in [0.15, 0.2) is 24.3 Å². The fourth-order valence-electron chi connectivity index (χ4n) is 3.22. The Balaban J connectivity index is 1.55. The lowest BCUT2D eigenvalue weighted by Crippen LogP contribution is -2.55. The second-order valence-corrected chi connectivity index (χ2v) is 6.97. The maximum Gasteiger partial charge on any atom is 0.270 e. The Kier molecular flexibility index (Phi) is 4.22. The molecular formula is C19H21FN4O2. The predicted molar refractivity (Wildman–Crippen MR) is 95.2 cm³/mol. The fraction of sp³-hybridized carbons (Fsp3) is 0.421. The van der Waals surface area contributed by atoms with Crippen LogP contribution in [0.2, 0.25) is 0 Å². The molecule has 2 aliphatic rings. The van der Waals surface area contributed by atoms with Crippen LogP contribution in [-0.2, 0) is 6.42 Å². The number of halogens is 1. The van der Waals surface area contributed by atoms with E-state index >= 15 is 0 Å². The van der Waals surface area contributed by atoms with Gasteiger partial charge in [-0.1, -0.05) is 26.0 Å². The molecule has 7 heteroatoms. The van der Waals surface area contributed by atoms with Crippen molar-refractivity contribution in [2.24, 2.45) is 0 Å². The molecule has 6 nitrogen and oxygen atoms in total. The lowest BCUT2D eigenvalue weighted by atomic mass is 10.0. The summed E-state index contributed by atoms with van der Waals surface area (Å²) in [5.41, 5.74) is 1.37. The summed E-state index contributed by atoms with van der Waals surface area (Å²) in [6.45, 7) is 5.82. The summed E-state index contributed by atoms with van der Waals surface area (Å²) in [7, 11) is 0. The molecule has 4 rings (SSSR count). The molecular weight excluding hydrogens is 335 g/mol. The smallest absolute Gasteiger partial charge is 0.270 e. The normalized spacial score (nSPS) is 16.9. The SMILES string of the molecule is CC(C)c1nc2c(c(N3CC(Oc4ccccc4F)C3)n1)CCNC2=O. The summed E-state index contributed by atoms with van der Waals surface area (Å²) in [4.78, 5) is 23.4. The number of hydrogen-bond acceptors (Lipinski definition) is 5. The first-order valence-corrected chi connectivity index (χ1v) is 8.88. The highest BCUT2D eigenvalue weighted by atomic mass is 19.1. The van der Waals surface area contributed by atoms with Crippen molar-refractivity contribution in [3.05, 3.63) is 47.2 Å². The van der Waals surface area contributed by atoms with Crippen LogP contribution in [0, 0.1) is 5.82 Å². The molecule has 0 aliphatic carbocycles. The van der Waals surface area contributed by atoms with E-state index in [0.717, 1.165) is 11.4 Å². The van der Waals surface area contributed by atoms with E-state index in [-0.39, 0.29) is 29.5 Å². The van der Waals surface area contributed by atoms with Gasteiger partial charge in [0.25, 0.3) is 5.91 Å². The van der Waals surface area contributed by atoms with Crippen molar-refractivity contribution < 1.29 is 13.9 Å². The maximum absolute atomic E-state index is 13.7. The van der Waals surface area contributed by atoms with Gasteiger partial charge in [0.2, 0.25) is 0 Å². The van der Waals surface area contributed by atoms with Gasteiger partial charge < -0.3 is 15.0 Å². The van der Waals surface area contributed by atoms with Crippen molar-refractivity contribution >= 4 is 11.7 Å². The van der Waals surface area contributed by atoms with Crippen LogP contribution in [-0.4, -0.2) is 41.6 Å². The Labute approximate surface area is 151 Å².